The summed E-state index contributed by atoms with van der Waals surface area (Å²) >= 11 is 1.94. The van der Waals surface area contributed by atoms with Gasteiger partial charge in [0.25, 0.3) is 0 Å². The van der Waals surface area contributed by atoms with Crippen LogP contribution in [0, 0.1) is 0 Å². The summed E-state index contributed by atoms with van der Waals surface area (Å²) in [6.45, 7) is 3.30. The van der Waals surface area contributed by atoms with Crippen LogP contribution >= 0.6 is 11.8 Å². The van der Waals surface area contributed by atoms with Crippen molar-refractivity contribution in [3.63, 3.8) is 0 Å². The summed E-state index contributed by atoms with van der Waals surface area (Å²) < 4.78 is 1.94. The van der Waals surface area contributed by atoms with E-state index in [2.05, 4.69) is 29.7 Å². The zero-order valence-electron chi connectivity index (χ0n) is 11.3. The Hall–Kier alpha value is -0.480. The minimum absolute atomic E-state index is 0.397. The predicted molar refractivity (Wildman–Crippen MR) is 76.5 cm³/mol. The minimum Gasteiger partial charge on any atom is -0.309 e. The molecule has 17 heavy (non-hydrogen) atoms. The summed E-state index contributed by atoms with van der Waals surface area (Å²) in [5.41, 5.74) is 1.26. The van der Waals surface area contributed by atoms with Crippen molar-refractivity contribution in [3.8, 4) is 0 Å². The monoisotopic (exact) mass is 255 g/mol. The molecule has 1 heterocycles. The van der Waals surface area contributed by atoms with Crippen LogP contribution in [0.2, 0.25) is 0 Å². The molecule has 0 aliphatic heterocycles. The lowest BCUT2D eigenvalue weighted by atomic mass is 10.2. The van der Waals surface area contributed by atoms with E-state index in [1.807, 2.05) is 29.7 Å². The van der Waals surface area contributed by atoms with E-state index in [1.54, 1.807) is 0 Å². The van der Waals surface area contributed by atoms with Gasteiger partial charge < -0.3 is 5.32 Å². The molecule has 0 spiro atoms. The summed E-state index contributed by atoms with van der Waals surface area (Å²) in [5.74, 6) is 1.30. The first-order chi connectivity index (χ1) is 8.25. The first-order valence-electron chi connectivity index (χ1n) is 6.46. The first kappa shape index (κ1) is 14.6. The van der Waals surface area contributed by atoms with E-state index in [0.717, 1.165) is 6.54 Å². The van der Waals surface area contributed by atoms with Gasteiger partial charge in [0, 0.05) is 19.3 Å². The molecule has 1 aromatic heterocycles. The van der Waals surface area contributed by atoms with Gasteiger partial charge in [-0.2, -0.15) is 16.9 Å². The molecule has 98 valence electrons. The van der Waals surface area contributed by atoms with Gasteiger partial charge in [-0.25, -0.2) is 0 Å². The molecule has 0 aromatic carbocycles. The van der Waals surface area contributed by atoms with Crippen molar-refractivity contribution in [2.45, 2.75) is 38.6 Å². The molecule has 0 saturated heterocycles. The highest BCUT2D eigenvalue weighted by atomic mass is 32.2. The normalized spacial score (nSPS) is 12.9. The lowest BCUT2D eigenvalue weighted by molar-refractivity contribution is 0.508. The largest absolute Gasteiger partial charge is 0.309 e. The zero-order valence-corrected chi connectivity index (χ0v) is 12.1. The molecule has 1 N–H and O–H groups in total. The number of nitrogens with zero attached hydrogens (tertiary/aromatic N) is 2. The van der Waals surface area contributed by atoms with Crippen LogP contribution in [0.25, 0.3) is 0 Å². The van der Waals surface area contributed by atoms with E-state index >= 15 is 0 Å². The molecular formula is C13H25N3S. The lowest BCUT2D eigenvalue weighted by Gasteiger charge is -2.13. The van der Waals surface area contributed by atoms with Crippen LogP contribution in [0.5, 0.6) is 0 Å². The van der Waals surface area contributed by atoms with Crippen molar-refractivity contribution in [1.29, 1.82) is 0 Å². The zero-order chi connectivity index (χ0) is 12.5. The molecule has 0 bridgehead atoms. The Morgan fingerprint density at radius 3 is 2.76 bits per heavy atom. The van der Waals surface area contributed by atoms with Gasteiger partial charge in [-0.3, -0.25) is 4.68 Å². The van der Waals surface area contributed by atoms with E-state index in [1.165, 1.54) is 37.1 Å². The van der Waals surface area contributed by atoms with Crippen LogP contribution in [-0.4, -0.2) is 28.3 Å². The third-order valence-electron chi connectivity index (χ3n) is 3.03. The number of hydrogen-bond donors (Lipinski definition) is 1. The molecule has 4 heteroatoms. The van der Waals surface area contributed by atoms with Crippen molar-refractivity contribution in [2.75, 3.05) is 18.6 Å². The van der Waals surface area contributed by atoms with Crippen molar-refractivity contribution >= 4 is 11.8 Å². The van der Waals surface area contributed by atoms with Crippen LogP contribution in [0.1, 0.15) is 44.3 Å². The maximum atomic E-state index is 4.19. The molecule has 0 radical (unpaired) electrons. The van der Waals surface area contributed by atoms with Gasteiger partial charge in [0.2, 0.25) is 0 Å². The van der Waals surface area contributed by atoms with E-state index in [-0.39, 0.29) is 0 Å². The molecule has 0 aliphatic carbocycles. The highest BCUT2D eigenvalue weighted by molar-refractivity contribution is 7.98. The maximum Gasteiger partial charge on any atom is 0.0547 e. The van der Waals surface area contributed by atoms with Crippen molar-refractivity contribution < 1.29 is 0 Å². The van der Waals surface area contributed by atoms with Crippen LogP contribution in [-0.2, 0) is 7.05 Å². The smallest absolute Gasteiger partial charge is 0.0547 e. The van der Waals surface area contributed by atoms with E-state index < -0.39 is 0 Å². The van der Waals surface area contributed by atoms with Gasteiger partial charge in [-0.15, -0.1) is 0 Å². The highest BCUT2D eigenvalue weighted by Gasteiger charge is 2.07. The van der Waals surface area contributed by atoms with Crippen molar-refractivity contribution in [3.05, 3.63) is 18.0 Å². The van der Waals surface area contributed by atoms with Gasteiger partial charge in [0.15, 0.2) is 0 Å². The van der Waals surface area contributed by atoms with Gasteiger partial charge in [0.1, 0.15) is 0 Å². The Kier molecular flexibility index (Phi) is 7.37. The fourth-order valence-corrected chi connectivity index (χ4v) is 2.45. The number of unbranched alkanes of at least 4 members (excludes halogenated alkanes) is 3. The van der Waals surface area contributed by atoms with Gasteiger partial charge in [-0.1, -0.05) is 12.8 Å². The molecule has 1 rings (SSSR count). The summed E-state index contributed by atoms with van der Waals surface area (Å²) in [6.07, 6.45) is 9.37. The Balaban J connectivity index is 2.05. The van der Waals surface area contributed by atoms with Gasteiger partial charge >= 0.3 is 0 Å². The number of thioether (sulfide) groups is 1. The molecule has 1 aromatic rings. The summed E-state index contributed by atoms with van der Waals surface area (Å²) in [4.78, 5) is 0. The first-order valence-corrected chi connectivity index (χ1v) is 7.85. The fourth-order valence-electron chi connectivity index (χ4n) is 1.96. The quantitative estimate of drug-likeness (QED) is 0.688. The third-order valence-corrected chi connectivity index (χ3v) is 3.73. The SMILES string of the molecule is CSCCCCCCNC(C)c1ccnn1C. The average molecular weight is 255 g/mol. The number of aromatic nitrogens is 2. The second kappa shape index (κ2) is 8.59. The Morgan fingerprint density at radius 2 is 2.12 bits per heavy atom. The number of aryl methyl sites for hydroxylation is 1. The third kappa shape index (κ3) is 5.59. The molecule has 1 atom stereocenters. The van der Waals surface area contributed by atoms with Crippen LogP contribution in [0.15, 0.2) is 12.3 Å². The van der Waals surface area contributed by atoms with Crippen LogP contribution < -0.4 is 5.32 Å². The molecule has 0 amide bonds. The number of hydrogen-bond acceptors (Lipinski definition) is 3. The Bertz CT molecular complexity index is 299. The summed E-state index contributed by atoms with van der Waals surface area (Å²) in [6, 6.07) is 2.48. The van der Waals surface area contributed by atoms with E-state index in [4.69, 9.17) is 0 Å². The van der Waals surface area contributed by atoms with E-state index in [0.29, 0.717) is 6.04 Å². The average Bonchev–Trinajstić information content (AvgIpc) is 2.74. The molecule has 0 saturated carbocycles. The lowest BCUT2D eigenvalue weighted by Crippen LogP contribution is -2.22. The highest BCUT2D eigenvalue weighted by Crippen LogP contribution is 2.10. The van der Waals surface area contributed by atoms with Crippen molar-refractivity contribution in [2.24, 2.45) is 7.05 Å². The van der Waals surface area contributed by atoms with E-state index in [9.17, 15) is 0 Å². The molecular weight excluding hydrogens is 230 g/mol. The molecule has 0 aliphatic rings. The minimum atomic E-state index is 0.397. The van der Waals surface area contributed by atoms with Gasteiger partial charge in [-0.05, 0) is 44.4 Å². The summed E-state index contributed by atoms with van der Waals surface area (Å²) in [5, 5.41) is 7.74. The second-order valence-electron chi connectivity index (χ2n) is 4.46. The molecule has 0 fully saturated rings. The molecule has 1 unspecified atom stereocenters. The Labute approximate surface area is 109 Å². The van der Waals surface area contributed by atoms with Gasteiger partial charge in [0.05, 0.1) is 5.69 Å². The number of nitrogens with one attached hydrogen (secondary N) is 1. The maximum absolute atomic E-state index is 4.19. The topological polar surface area (TPSA) is 29.9 Å². The Morgan fingerprint density at radius 1 is 1.35 bits per heavy atom. The molecule has 3 nitrogen and oxygen atoms in total. The van der Waals surface area contributed by atoms with Crippen LogP contribution in [0.4, 0.5) is 0 Å². The second-order valence-corrected chi connectivity index (χ2v) is 5.45. The standard InChI is InChI=1S/C13H25N3S/c1-12(13-8-10-15-16(13)2)14-9-6-4-5-7-11-17-3/h8,10,12,14H,4-7,9,11H2,1-3H3. The summed E-state index contributed by atoms with van der Waals surface area (Å²) in [7, 11) is 2.00. The number of rotatable bonds is 9. The van der Waals surface area contributed by atoms with Crippen LogP contribution in [0.3, 0.4) is 0 Å². The predicted octanol–water partition coefficient (Wildman–Crippen LogP) is 2.99. The van der Waals surface area contributed by atoms with Crippen molar-refractivity contribution in [1.82, 2.24) is 15.1 Å². The fraction of sp³-hybridized carbons (Fsp3) is 0.769.